The molecule has 125 valence electrons. The van der Waals surface area contributed by atoms with Crippen molar-refractivity contribution in [2.24, 2.45) is 0 Å². The minimum absolute atomic E-state index is 0.00421. The fourth-order valence-corrected chi connectivity index (χ4v) is 3.21. The molecule has 0 bridgehead atoms. The van der Waals surface area contributed by atoms with Crippen LogP contribution in [-0.2, 0) is 4.74 Å². The molecule has 1 unspecified atom stereocenters. The minimum Gasteiger partial charge on any atom is -0.496 e. The van der Waals surface area contributed by atoms with Crippen molar-refractivity contribution in [3.8, 4) is 5.75 Å². The van der Waals surface area contributed by atoms with Crippen LogP contribution >= 0.6 is 15.9 Å². The molecule has 0 amide bonds. The molecule has 2 nitrogen and oxygen atoms in total. The van der Waals surface area contributed by atoms with Gasteiger partial charge in [0.2, 0.25) is 0 Å². The third-order valence-corrected chi connectivity index (χ3v) is 8.00. The molecular weight excluding hydrogens is 368 g/mol. The Morgan fingerprint density at radius 3 is 2.48 bits per heavy atom. The zero-order valence-electron chi connectivity index (χ0n) is 14.9. The number of benzene rings is 2. The summed E-state index contributed by atoms with van der Waals surface area (Å²) in [4.78, 5) is 0. The van der Waals surface area contributed by atoms with E-state index in [2.05, 4.69) is 74.1 Å². The van der Waals surface area contributed by atoms with Gasteiger partial charge in [-0.1, -0.05) is 55.0 Å². The normalized spacial score (nSPS) is 13.6. The van der Waals surface area contributed by atoms with Crippen molar-refractivity contribution >= 4 is 35.5 Å². The van der Waals surface area contributed by atoms with E-state index in [1.807, 2.05) is 6.07 Å². The first-order valence-corrected chi connectivity index (χ1v) is 11.2. The third-order valence-electron chi connectivity index (χ3n) is 4.66. The molecule has 2 aromatic rings. The Bertz CT molecular complexity index is 682. The lowest BCUT2D eigenvalue weighted by molar-refractivity contribution is 0.0494. The lowest BCUT2D eigenvalue weighted by Gasteiger charge is -2.30. The number of rotatable bonds is 6. The van der Waals surface area contributed by atoms with Crippen LogP contribution in [0.5, 0.6) is 5.75 Å². The topological polar surface area (TPSA) is 18.5 Å². The van der Waals surface area contributed by atoms with Crippen LogP contribution < -0.4 is 4.74 Å². The molecule has 0 aliphatic heterocycles. The molecule has 0 fully saturated rings. The number of hydrogen-bond donors (Lipinski definition) is 0. The zero-order valence-corrected chi connectivity index (χ0v) is 17.5. The average Bonchev–Trinajstić information content (AvgIpc) is 2.51. The summed E-state index contributed by atoms with van der Waals surface area (Å²) < 4.78 is 13.0. The molecule has 2 rings (SSSR count). The van der Waals surface area contributed by atoms with Gasteiger partial charge < -0.3 is 9.47 Å². The van der Waals surface area contributed by atoms with Gasteiger partial charge in [0.05, 0.1) is 22.0 Å². The van der Waals surface area contributed by atoms with E-state index < -0.39 is 8.80 Å². The lowest BCUT2D eigenvalue weighted by atomic mass is 9.99. The van der Waals surface area contributed by atoms with Crippen molar-refractivity contribution in [3.05, 3.63) is 40.4 Å². The Hall–Kier alpha value is -0.843. The maximum atomic E-state index is 6.27. The number of fused-ring (bicyclic) bond motifs is 1. The van der Waals surface area contributed by atoms with Gasteiger partial charge in [-0.15, -0.1) is 0 Å². The van der Waals surface area contributed by atoms with Crippen LogP contribution in [-0.4, -0.2) is 22.5 Å². The first-order chi connectivity index (χ1) is 10.8. The van der Waals surface area contributed by atoms with Crippen LogP contribution in [0.25, 0.3) is 10.8 Å². The van der Waals surface area contributed by atoms with Crippen LogP contribution in [0.2, 0.25) is 18.1 Å². The molecule has 0 saturated heterocycles. The standard InChI is InChI=1S/C19H26BrO2Si/c1-13(22-12-19(2,3)23(5)6)18-16-9-8-15(20)11-14(16)7-10-17(18)21-4/h7-11,13H,12H2,1-6H3. The van der Waals surface area contributed by atoms with E-state index in [1.54, 1.807) is 7.11 Å². The predicted molar refractivity (Wildman–Crippen MR) is 104 cm³/mol. The molecule has 2 aromatic carbocycles. The van der Waals surface area contributed by atoms with E-state index in [-0.39, 0.29) is 11.1 Å². The van der Waals surface area contributed by atoms with Crippen molar-refractivity contribution in [2.45, 2.75) is 45.0 Å². The van der Waals surface area contributed by atoms with Gasteiger partial charge in [-0.3, -0.25) is 0 Å². The van der Waals surface area contributed by atoms with E-state index in [9.17, 15) is 0 Å². The molecule has 0 N–H and O–H groups in total. The lowest BCUT2D eigenvalue weighted by Crippen LogP contribution is -2.26. The van der Waals surface area contributed by atoms with Gasteiger partial charge in [0.15, 0.2) is 0 Å². The van der Waals surface area contributed by atoms with E-state index >= 15 is 0 Å². The van der Waals surface area contributed by atoms with Crippen molar-refractivity contribution in [1.82, 2.24) is 0 Å². The highest BCUT2D eigenvalue weighted by molar-refractivity contribution is 9.10. The van der Waals surface area contributed by atoms with Crippen LogP contribution in [0.15, 0.2) is 34.8 Å². The third kappa shape index (κ3) is 4.17. The molecule has 0 spiro atoms. The summed E-state index contributed by atoms with van der Waals surface area (Å²) in [7, 11) is 1.31. The molecule has 0 heterocycles. The van der Waals surface area contributed by atoms with Crippen molar-refractivity contribution in [1.29, 1.82) is 0 Å². The summed E-state index contributed by atoms with van der Waals surface area (Å²) in [5.41, 5.74) is 1.13. The second-order valence-corrected chi connectivity index (χ2v) is 11.2. The number of halogens is 1. The Morgan fingerprint density at radius 1 is 1.17 bits per heavy atom. The summed E-state index contributed by atoms with van der Waals surface area (Å²) >= 11 is 3.54. The highest BCUT2D eigenvalue weighted by Gasteiger charge is 2.26. The van der Waals surface area contributed by atoms with Crippen molar-refractivity contribution < 1.29 is 9.47 Å². The number of ether oxygens (including phenoxy) is 2. The van der Waals surface area contributed by atoms with E-state index in [4.69, 9.17) is 9.47 Å². The highest BCUT2D eigenvalue weighted by atomic mass is 79.9. The Kier molecular flexibility index (Phi) is 5.92. The molecule has 23 heavy (non-hydrogen) atoms. The summed E-state index contributed by atoms with van der Waals surface area (Å²) in [5, 5.41) is 2.64. The van der Waals surface area contributed by atoms with Gasteiger partial charge in [-0.2, -0.15) is 0 Å². The molecule has 0 aromatic heterocycles. The molecule has 0 aliphatic carbocycles. The van der Waals surface area contributed by atoms with Crippen molar-refractivity contribution in [2.75, 3.05) is 13.7 Å². The van der Waals surface area contributed by atoms with Gasteiger partial charge in [0.1, 0.15) is 5.75 Å². The minimum atomic E-state index is -0.413. The molecule has 0 saturated carbocycles. The Labute approximate surface area is 149 Å². The van der Waals surface area contributed by atoms with Crippen LogP contribution in [0, 0.1) is 0 Å². The smallest absolute Gasteiger partial charge is 0.125 e. The Morgan fingerprint density at radius 2 is 1.87 bits per heavy atom. The van der Waals surface area contributed by atoms with Gasteiger partial charge in [-0.05, 0) is 40.9 Å². The molecular formula is C19H26BrO2Si. The Balaban J connectivity index is 2.37. The van der Waals surface area contributed by atoms with Crippen molar-refractivity contribution in [3.63, 3.8) is 0 Å². The van der Waals surface area contributed by atoms with E-state index in [0.29, 0.717) is 0 Å². The molecule has 1 radical (unpaired) electrons. The van der Waals surface area contributed by atoms with Crippen LogP contribution in [0.4, 0.5) is 0 Å². The van der Waals surface area contributed by atoms with Gasteiger partial charge in [0, 0.05) is 16.6 Å². The quantitative estimate of drug-likeness (QED) is 0.541. The second-order valence-electron chi connectivity index (χ2n) is 6.88. The van der Waals surface area contributed by atoms with Gasteiger partial charge >= 0.3 is 0 Å². The largest absolute Gasteiger partial charge is 0.496 e. The summed E-state index contributed by atoms with van der Waals surface area (Å²) in [6.45, 7) is 12.2. The monoisotopic (exact) mass is 393 g/mol. The fourth-order valence-electron chi connectivity index (χ4n) is 2.46. The summed E-state index contributed by atoms with van der Waals surface area (Å²) in [6, 6.07) is 10.5. The van der Waals surface area contributed by atoms with E-state index in [0.717, 1.165) is 22.4 Å². The number of hydrogen-bond acceptors (Lipinski definition) is 2. The average molecular weight is 394 g/mol. The second kappa shape index (κ2) is 7.37. The summed E-state index contributed by atoms with van der Waals surface area (Å²) in [5.74, 6) is 0.892. The maximum absolute atomic E-state index is 6.27. The van der Waals surface area contributed by atoms with Gasteiger partial charge in [0.25, 0.3) is 0 Å². The fraction of sp³-hybridized carbons (Fsp3) is 0.474. The number of methoxy groups -OCH3 is 1. The zero-order chi connectivity index (χ0) is 17.2. The van der Waals surface area contributed by atoms with Crippen LogP contribution in [0.3, 0.4) is 0 Å². The van der Waals surface area contributed by atoms with E-state index in [1.165, 1.54) is 10.8 Å². The molecule has 1 atom stereocenters. The highest BCUT2D eigenvalue weighted by Crippen LogP contribution is 2.38. The molecule has 4 heteroatoms. The predicted octanol–water partition coefficient (Wildman–Crippen LogP) is 6.22. The first kappa shape index (κ1) is 18.5. The molecule has 0 aliphatic rings. The SMILES string of the molecule is COc1ccc2cc(Br)ccc2c1C(C)OCC(C)(C)[Si](C)C. The summed E-state index contributed by atoms with van der Waals surface area (Å²) in [6.07, 6.45) is -0.00421. The maximum Gasteiger partial charge on any atom is 0.125 e. The first-order valence-electron chi connectivity index (χ1n) is 7.94. The van der Waals surface area contributed by atoms with Gasteiger partial charge in [-0.25, -0.2) is 0 Å². The van der Waals surface area contributed by atoms with Crippen LogP contribution in [0.1, 0.15) is 32.4 Å².